The number of amides is 1. The molecule has 0 bridgehead atoms. The Hall–Kier alpha value is -1.77. The molecule has 0 aromatic heterocycles. The first kappa shape index (κ1) is 14.2. The van der Waals surface area contributed by atoms with Gasteiger partial charge in [-0.1, -0.05) is 44.2 Å². The molecule has 3 nitrogen and oxygen atoms in total. The Morgan fingerprint density at radius 2 is 1.94 bits per heavy atom. The molecule has 1 rings (SSSR count). The fourth-order valence-corrected chi connectivity index (χ4v) is 0.925. The molecule has 1 N–H and O–H groups in total. The normalized spacial score (nSPS) is 8.44. The van der Waals surface area contributed by atoms with Crippen LogP contribution < -0.4 is 5.32 Å². The number of ether oxygens (including phenoxy) is 1. The van der Waals surface area contributed by atoms with Crippen LogP contribution >= 0.6 is 0 Å². The van der Waals surface area contributed by atoms with Gasteiger partial charge in [0.2, 0.25) is 0 Å². The highest BCUT2D eigenvalue weighted by molar-refractivity contribution is 5.84. The van der Waals surface area contributed by atoms with E-state index in [2.05, 4.69) is 11.9 Å². The number of hydrogen-bond acceptors (Lipinski definition) is 2. The van der Waals surface area contributed by atoms with Gasteiger partial charge in [0.05, 0.1) is 0 Å². The van der Waals surface area contributed by atoms with Gasteiger partial charge in [-0.25, -0.2) is 4.79 Å². The third kappa shape index (κ3) is 5.86. The Morgan fingerprint density at radius 1 is 1.38 bits per heavy atom. The molecule has 88 valence electrons. The molecule has 1 amide bonds. The summed E-state index contributed by atoms with van der Waals surface area (Å²) >= 11 is 0. The molecule has 0 heterocycles. The van der Waals surface area contributed by atoms with E-state index in [1.807, 2.05) is 45.0 Å². The maximum Gasteiger partial charge on any atom is 0.411 e. The lowest BCUT2D eigenvalue weighted by atomic mass is 10.2. The van der Waals surface area contributed by atoms with Crippen LogP contribution in [-0.4, -0.2) is 12.7 Å². The van der Waals surface area contributed by atoms with Crippen molar-refractivity contribution in [3.05, 3.63) is 42.5 Å². The second-order valence-corrected chi connectivity index (χ2v) is 2.88. The van der Waals surface area contributed by atoms with Crippen LogP contribution in [0.1, 0.15) is 19.4 Å². The van der Waals surface area contributed by atoms with Gasteiger partial charge in [0.25, 0.3) is 0 Å². The van der Waals surface area contributed by atoms with Gasteiger partial charge in [-0.3, -0.25) is 5.32 Å². The first-order valence-electron chi connectivity index (χ1n) is 5.33. The maximum atomic E-state index is 11.1. The summed E-state index contributed by atoms with van der Waals surface area (Å²) in [5.41, 5.74) is 1.87. The lowest BCUT2D eigenvalue weighted by Gasteiger charge is -2.04. The number of carbonyl (C=O) groups is 1. The molecule has 0 radical (unpaired) electrons. The van der Waals surface area contributed by atoms with Gasteiger partial charge in [-0.15, -0.1) is 0 Å². The van der Waals surface area contributed by atoms with Gasteiger partial charge in [0.15, 0.2) is 0 Å². The van der Waals surface area contributed by atoms with E-state index in [0.717, 1.165) is 11.3 Å². The first-order valence-corrected chi connectivity index (χ1v) is 5.33. The largest absolute Gasteiger partial charge is 0.445 e. The van der Waals surface area contributed by atoms with Crippen molar-refractivity contribution >= 4 is 11.8 Å². The Labute approximate surface area is 97.1 Å². The quantitative estimate of drug-likeness (QED) is 0.789. The Kier molecular flexibility index (Phi) is 7.59. The molecule has 0 fully saturated rings. The molecule has 3 heteroatoms. The molecule has 0 aliphatic rings. The highest BCUT2D eigenvalue weighted by atomic mass is 16.5. The minimum absolute atomic E-state index is 0.220. The lowest BCUT2D eigenvalue weighted by molar-refractivity contribution is 0.174. The minimum atomic E-state index is -0.464. The van der Waals surface area contributed by atoms with Gasteiger partial charge >= 0.3 is 6.09 Å². The van der Waals surface area contributed by atoms with Crippen LogP contribution in [0, 0.1) is 6.92 Å². The van der Waals surface area contributed by atoms with Crippen molar-refractivity contribution in [3.8, 4) is 0 Å². The standard InChI is InChI=1S/C11H13NO2.C2H6/c1-3-8-14-11(13)12-10-6-4-9(2)5-7-10;1-2/h3-7H,1,8H2,2H3,(H,12,13);1-2H3. The monoisotopic (exact) mass is 221 g/mol. The summed E-state index contributed by atoms with van der Waals surface area (Å²) in [6, 6.07) is 7.49. The molecule has 0 saturated carbocycles. The summed E-state index contributed by atoms with van der Waals surface area (Å²) in [6.07, 6.45) is 1.06. The van der Waals surface area contributed by atoms with Crippen molar-refractivity contribution in [2.45, 2.75) is 20.8 Å². The van der Waals surface area contributed by atoms with Crippen molar-refractivity contribution in [2.24, 2.45) is 0 Å². The van der Waals surface area contributed by atoms with Gasteiger partial charge in [0, 0.05) is 5.69 Å². The van der Waals surface area contributed by atoms with Crippen LogP contribution in [0.15, 0.2) is 36.9 Å². The van der Waals surface area contributed by atoms with Crippen LogP contribution in [0.25, 0.3) is 0 Å². The molecule has 0 atom stereocenters. The fraction of sp³-hybridized carbons (Fsp3) is 0.308. The molecule has 0 aliphatic heterocycles. The van der Waals surface area contributed by atoms with E-state index in [4.69, 9.17) is 4.74 Å². The van der Waals surface area contributed by atoms with E-state index in [0.29, 0.717) is 0 Å². The summed E-state index contributed by atoms with van der Waals surface area (Å²) in [7, 11) is 0. The average molecular weight is 221 g/mol. The highest BCUT2D eigenvalue weighted by Crippen LogP contribution is 2.08. The molecular weight excluding hydrogens is 202 g/mol. The van der Waals surface area contributed by atoms with E-state index >= 15 is 0 Å². The molecule has 0 spiro atoms. The fourth-order valence-electron chi connectivity index (χ4n) is 0.925. The smallest absolute Gasteiger partial charge is 0.411 e. The number of benzene rings is 1. The molecule has 0 aliphatic carbocycles. The van der Waals surface area contributed by atoms with E-state index in [1.54, 1.807) is 0 Å². The molecule has 0 unspecified atom stereocenters. The number of hydrogen-bond donors (Lipinski definition) is 1. The molecule has 1 aromatic rings. The molecule has 16 heavy (non-hydrogen) atoms. The van der Waals surface area contributed by atoms with E-state index < -0.39 is 6.09 Å². The van der Waals surface area contributed by atoms with Crippen LogP contribution in [0.5, 0.6) is 0 Å². The van der Waals surface area contributed by atoms with Crippen LogP contribution in [0.4, 0.5) is 10.5 Å². The van der Waals surface area contributed by atoms with E-state index in [1.165, 1.54) is 6.08 Å². The summed E-state index contributed by atoms with van der Waals surface area (Å²) < 4.78 is 4.76. The topological polar surface area (TPSA) is 38.3 Å². The minimum Gasteiger partial charge on any atom is -0.445 e. The maximum absolute atomic E-state index is 11.1. The van der Waals surface area contributed by atoms with E-state index in [-0.39, 0.29) is 6.61 Å². The third-order valence-electron chi connectivity index (χ3n) is 1.63. The van der Waals surface area contributed by atoms with Crippen LogP contribution in [-0.2, 0) is 4.74 Å². The number of carbonyl (C=O) groups excluding carboxylic acids is 1. The van der Waals surface area contributed by atoms with Crippen molar-refractivity contribution in [1.82, 2.24) is 0 Å². The van der Waals surface area contributed by atoms with Gasteiger partial charge in [0.1, 0.15) is 6.61 Å². The molecule has 1 aromatic carbocycles. The third-order valence-corrected chi connectivity index (χ3v) is 1.63. The summed E-state index contributed by atoms with van der Waals surface area (Å²) in [6.45, 7) is 9.65. The number of nitrogens with one attached hydrogen (secondary N) is 1. The predicted octanol–water partition coefficient (Wildman–Crippen LogP) is 3.76. The van der Waals surface area contributed by atoms with Crippen LogP contribution in [0.2, 0.25) is 0 Å². The summed E-state index contributed by atoms with van der Waals surface area (Å²) in [4.78, 5) is 11.1. The molecule has 0 saturated heterocycles. The van der Waals surface area contributed by atoms with Gasteiger partial charge < -0.3 is 4.74 Å². The Balaban J connectivity index is 0.00000106. The van der Waals surface area contributed by atoms with Gasteiger partial charge in [-0.05, 0) is 19.1 Å². The Bertz CT molecular complexity index is 317. The predicted molar refractivity (Wildman–Crippen MR) is 67.7 cm³/mol. The summed E-state index contributed by atoms with van der Waals surface area (Å²) in [5, 5.41) is 2.60. The lowest BCUT2D eigenvalue weighted by Crippen LogP contribution is -2.13. The second-order valence-electron chi connectivity index (χ2n) is 2.88. The SMILES string of the molecule is C=CCOC(=O)Nc1ccc(C)cc1.CC. The zero-order valence-electron chi connectivity index (χ0n) is 10.1. The van der Waals surface area contributed by atoms with Gasteiger partial charge in [-0.2, -0.15) is 0 Å². The van der Waals surface area contributed by atoms with Crippen LogP contribution in [0.3, 0.4) is 0 Å². The second kappa shape index (κ2) is 8.53. The van der Waals surface area contributed by atoms with Crippen molar-refractivity contribution < 1.29 is 9.53 Å². The summed E-state index contributed by atoms with van der Waals surface area (Å²) in [5.74, 6) is 0. The first-order chi connectivity index (χ1) is 7.72. The Morgan fingerprint density at radius 3 is 2.44 bits per heavy atom. The van der Waals surface area contributed by atoms with E-state index in [9.17, 15) is 4.79 Å². The number of rotatable bonds is 3. The molecular formula is C13H19NO2. The van der Waals surface area contributed by atoms with Crippen molar-refractivity contribution in [1.29, 1.82) is 0 Å². The highest BCUT2D eigenvalue weighted by Gasteiger charge is 2.00. The van der Waals surface area contributed by atoms with Crippen molar-refractivity contribution in [2.75, 3.05) is 11.9 Å². The number of anilines is 1. The number of aryl methyl sites for hydroxylation is 1. The van der Waals surface area contributed by atoms with Crippen molar-refractivity contribution in [3.63, 3.8) is 0 Å². The average Bonchev–Trinajstić information content (AvgIpc) is 2.32. The zero-order chi connectivity index (χ0) is 12.4. The zero-order valence-corrected chi connectivity index (χ0v) is 10.1.